The van der Waals surface area contributed by atoms with Gasteiger partial charge in [0.25, 0.3) is 5.56 Å². The van der Waals surface area contributed by atoms with Crippen LogP contribution in [0, 0.1) is 6.92 Å². The molecule has 0 amide bonds. The monoisotopic (exact) mass is 232 g/mol. The summed E-state index contributed by atoms with van der Waals surface area (Å²) in [6, 6.07) is 9.27. The first-order chi connectivity index (χ1) is 7.74. The van der Waals surface area contributed by atoms with Crippen molar-refractivity contribution < 1.29 is 0 Å². The number of nitrogens with zero attached hydrogens (tertiary/aromatic N) is 2. The average Bonchev–Trinajstić information content (AvgIpc) is 2.30. The molecule has 0 bridgehead atoms. The Bertz CT molecular complexity index is 563. The highest BCUT2D eigenvalue weighted by molar-refractivity contribution is 7.98. The fourth-order valence-corrected chi connectivity index (χ4v) is 2.11. The van der Waals surface area contributed by atoms with Crippen molar-refractivity contribution in [1.29, 1.82) is 0 Å². The van der Waals surface area contributed by atoms with E-state index in [9.17, 15) is 4.79 Å². The molecule has 0 saturated heterocycles. The zero-order valence-corrected chi connectivity index (χ0v) is 9.99. The van der Waals surface area contributed by atoms with Crippen molar-refractivity contribution in [2.45, 2.75) is 12.1 Å². The molecule has 4 heteroatoms. The van der Waals surface area contributed by atoms with E-state index in [2.05, 4.69) is 4.98 Å². The molecule has 3 nitrogen and oxygen atoms in total. The van der Waals surface area contributed by atoms with Gasteiger partial charge in [0.1, 0.15) is 0 Å². The Balaban J connectivity index is 2.73. The van der Waals surface area contributed by atoms with Crippen molar-refractivity contribution in [3.63, 3.8) is 0 Å². The molecule has 0 unspecified atom stereocenters. The number of rotatable bonds is 2. The minimum absolute atomic E-state index is 0.0475. The third kappa shape index (κ3) is 1.88. The van der Waals surface area contributed by atoms with Crippen molar-refractivity contribution in [2.75, 3.05) is 6.26 Å². The highest BCUT2D eigenvalue weighted by Crippen LogP contribution is 2.17. The van der Waals surface area contributed by atoms with Gasteiger partial charge >= 0.3 is 0 Å². The van der Waals surface area contributed by atoms with Crippen molar-refractivity contribution in [2.24, 2.45) is 0 Å². The van der Waals surface area contributed by atoms with Gasteiger partial charge in [-0.05, 0) is 24.8 Å². The molecule has 0 aliphatic heterocycles. The first-order valence-electron chi connectivity index (χ1n) is 4.92. The predicted molar refractivity (Wildman–Crippen MR) is 66.4 cm³/mol. The molecule has 1 aromatic heterocycles. The summed E-state index contributed by atoms with van der Waals surface area (Å²) in [5, 5.41) is 0.710. The summed E-state index contributed by atoms with van der Waals surface area (Å²) in [6.45, 7) is 1.98. The third-order valence-electron chi connectivity index (χ3n) is 2.35. The zero-order valence-electron chi connectivity index (χ0n) is 9.18. The molecule has 16 heavy (non-hydrogen) atoms. The topological polar surface area (TPSA) is 34.9 Å². The summed E-state index contributed by atoms with van der Waals surface area (Å²) in [7, 11) is 0. The van der Waals surface area contributed by atoms with Gasteiger partial charge in [0, 0.05) is 12.3 Å². The smallest absolute Gasteiger partial charge is 0.258 e. The number of aryl methyl sites for hydroxylation is 1. The summed E-state index contributed by atoms with van der Waals surface area (Å²) in [5.41, 5.74) is 1.91. The molecule has 0 radical (unpaired) electrons. The summed E-state index contributed by atoms with van der Waals surface area (Å²) in [4.78, 5) is 16.1. The maximum atomic E-state index is 11.9. The van der Waals surface area contributed by atoms with E-state index in [1.807, 2.05) is 37.4 Å². The molecule has 0 saturated carbocycles. The van der Waals surface area contributed by atoms with Crippen LogP contribution < -0.4 is 5.56 Å². The predicted octanol–water partition coefficient (Wildman–Crippen LogP) is 2.26. The van der Waals surface area contributed by atoms with Crippen LogP contribution in [0.4, 0.5) is 0 Å². The molecular weight excluding hydrogens is 220 g/mol. The van der Waals surface area contributed by atoms with E-state index in [0.717, 1.165) is 11.3 Å². The van der Waals surface area contributed by atoms with Gasteiger partial charge in [-0.1, -0.05) is 30.0 Å². The molecular formula is C12H12N2OS. The van der Waals surface area contributed by atoms with Crippen molar-refractivity contribution in [3.8, 4) is 5.69 Å². The van der Waals surface area contributed by atoms with Crippen molar-refractivity contribution in [1.82, 2.24) is 9.55 Å². The SMILES string of the molecule is CSc1nccc(=O)n1-c1ccccc1C. The minimum Gasteiger partial charge on any atom is -0.269 e. The Kier molecular flexibility index (Phi) is 3.10. The molecule has 0 aliphatic carbocycles. The van der Waals surface area contributed by atoms with Gasteiger partial charge in [-0.15, -0.1) is 0 Å². The number of hydrogen-bond acceptors (Lipinski definition) is 3. The van der Waals surface area contributed by atoms with Crippen LogP contribution >= 0.6 is 11.8 Å². The lowest BCUT2D eigenvalue weighted by molar-refractivity contribution is 0.793. The van der Waals surface area contributed by atoms with Crippen LogP contribution in [0.1, 0.15) is 5.56 Å². The maximum Gasteiger partial charge on any atom is 0.258 e. The minimum atomic E-state index is -0.0475. The van der Waals surface area contributed by atoms with Gasteiger partial charge in [-0.2, -0.15) is 0 Å². The Labute approximate surface area is 98.2 Å². The van der Waals surface area contributed by atoms with Crippen LogP contribution in [0.3, 0.4) is 0 Å². The van der Waals surface area contributed by atoms with Crippen LogP contribution in [0.2, 0.25) is 0 Å². The van der Waals surface area contributed by atoms with Crippen LogP contribution in [0.15, 0.2) is 46.5 Å². The number of aromatic nitrogens is 2. The summed E-state index contributed by atoms with van der Waals surface area (Å²) >= 11 is 1.46. The molecule has 2 aromatic rings. The van der Waals surface area contributed by atoms with E-state index in [4.69, 9.17) is 0 Å². The quantitative estimate of drug-likeness (QED) is 0.588. The van der Waals surface area contributed by atoms with Gasteiger partial charge in [0.05, 0.1) is 5.69 Å². The number of hydrogen-bond donors (Lipinski definition) is 0. The van der Waals surface area contributed by atoms with Gasteiger partial charge in [-0.3, -0.25) is 9.36 Å². The van der Waals surface area contributed by atoms with E-state index in [-0.39, 0.29) is 5.56 Å². The van der Waals surface area contributed by atoms with E-state index in [0.29, 0.717) is 5.16 Å². The third-order valence-corrected chi connectivity index (χ3v) is 3.01. The molecule has 1 aromatic carbocycles. The summed E-state index contributed by atoms with van der Waals surface area (Å²) in [6.07, 6.45) is 3.46. The van der Waals surface area contributed by atoms with Crippen LogP contribution in [0.25, 0.3) is 5.69 Å². The van der Waals surface area contributed by atoms with Gasteiger partial charge in [-0.25, -0.2) is 4.98 Å². The van der Waals surface area contributed by atoms with Crippen LogP contribution in [0.5, 0.6) is 0 Å². The largest absolute Gasteiger partial charge is 0.269 e. The average molecular weight is 232 g/mol. The van der Waals surface area contributed by atoms with Gasteiger partial charge in [0.15, 0.2) is 5.16 Å². The van der Waals surface area contributed by atoms with Crippen molar-refractivity contribution >= 4 is 11.8 Å². The van der Waals surface area contributed by atoms with Gasteiger partial charge < -0.3 is 0 Å². The standard InChI is InChI=1S/C12H12N2OS/c1-9-5-3-4-6-10(9)14-11(15)7-8-13-12(14)16-2/h3-8H,1-2H3. The lowest BCUT2D eigenvalue weighted by Crippen LogP contribution is -2.20. The van der Waals surface area contributed by atoms with Gasteiger partial charge in [0.2, 0.25) is 0 Å². The van der Waals surface area contributed by atoms with E-state index < -0.39 is 0 Å². The highest BCUT2D eigenvalue weighted by atomic mass is 32.2. The fourth-order valence-electron chi connectivity index (χ4n) is 1.57. The van der Waals surface area contributed by atoms with Crippen LogP contribution in [-0.4, -0.2) is 15.8 Å². The molecule has 1 heterocycles. The molecule has 0 spiro atoms. The van der Waals surface area contributed by atoms with E-state index >= 15 is 0 Å². The highest BCUT2D eigenvalue weighted by Gasteiger charge is 2.07. The Morgan fingerprint density at radius 2 is 2.00 bits per heavy atom. The second kappa shape index (κ2) is 4.53. The molecule has 0 atom stereocenters. The lowest BCUT2D eigenvalue weighted by atomic mass is 10.2. The van der Waals surface area contributed by atoms with Crippen molar-refractivity contribution in [3.05, 3.63) is 52.4 Å². The first-order valence-corrected chi connectivity index (χ1v) is 6.14. The number of benzene rings is 1. The zero-order chi connectivity index (χ0) is 11.5. The number of para-hydroxylation sites is 1. The second-order valence-corrected chi connectivity index (χ2v) is 4.17. The molecule has 0 N–H and O–H groups in total. The van der Waals surface area contributed by atoms with Crippen LogP contribution in [-0.2, 0) is 0 Å². The van der Waals surface area contributed by atoms with E-state index in [1.165, 1.54) is 17.8 Å². The van der Waals surface area contributed by atoms with E-state index in [1.54, 1.807) is 10.8 Å². The Morgan fingerprint density at radius 1 is 1.25 bits per heavy atom. The molecule has 2 rings (SSSR count). The molecule has 0 fully saturated rings. The molecule has 82 valence electrons. The first kappa shape index (κ1) is 11.0. The lowest BCUT2D eigenvalue weighted by Gasteiger charge is -2.11. The summed E-state index contributed by atoms with van der Waals surface area (Å²) in [5.74, 6) is 0. The maximum absolute atomic E-state index is 11.9. The summed E-state index contributed by atoms with van der Waals surface area (Å²) < 4.78 is 1.64. The fraction of sp³-hybridized carbons (Fsp3) is 0.167. The second-order valence-electron chi connectivity index (χ2n) is 3.39. The molecule has 0 aliphatic rings. The Hall–Kier alpha value is -1.55. The number of thioether (sulfide) groups is 1. The normalized spacial score (nSPS) is 10.4. The Morgan fingerprint density at radius 3 is 2.69 bits per heavy atom.